The van der Waals surface area contributed by atoms with Crippen LogP contribution < -0.4 is 20.1 Å². The Morgan fingerprint density at radius 3 is 2.87 bits per heavy atom. The van der Waals surface area contributed by atoms with Crippen LogP contribution in [-0.2, 0) is 4.74 Å². The fourth-order valence-corrected chi connectivity index (χ4v) is 6.44. The third-order valence-electron chi connectivity index (χ3n) is 8.90. The van der Waals surface area contributed by atoms with Gasteiger partial charge in [0.2, 0.25) is 6.81 Å². The quantitative estimate of drug-likeness (QED) is 0.196. The Kier molecular flexibility index (Phi) is 6.14. The van der Waals surface area contributed by atoms with E-state index >= 15 is 13.2 Å². The minimum atomic E-state index is -3.85. The lowest BCUT2D eigenvalue weighted by molar-refractivity contribution is 0.109. The van der Waals surface area contributed by atoms with Crippen molar-refractivity contribution in [1.82, 2.24) is 19.9 Å². The van der Waals surface area contributed by atoms with Crippen molar-refractivity contribution < 1.29 is 45.8 Å². The number of nitrogen functional groups attached to an aromatic ring is 1. The number of hydrogen-bond acceptors (Lipinski definition) is 9. The van der Waals surface area contributed by atoms with Gasteiger partial charge in [0.15, 0.2) is 17.4 Å². The molecule has 4 aromatic rings. The average Bonchev–Trinajstić information content (AvgIpc) is 3.78. The van der Waals surface area contributed by atoms with E-state index in [0.717, 1.165) is 17.2 Å². The van der Waals surface area contributed by atoms with E-state index in [-0.39, 0.29) is 77.9 Å². The van der Waals surface area contributed by atoms with Gasteiger partial charge in [0.05, 0.1) is 33.7 Å². The molecule has 14 heteroatoms. The molecule has 248 valence electrons. The normalized spacial score (nSPS) is 28.7. The first kappa shape index (κ1) is 23.9. The number of anilines is 2. The fourth-order valence-electron chi connectivity index (χ4n) is 6.44. The van der Waals surface area contributed by atoms with Crippen LogP contribution >= 0.6 is 0 Å². The van der Waals surface area contributed by atoms with Crippen molar-refractivity contribution in [3.63, 3.8) is 0 Å². The fraction of sp³-hybridized carbons (Fsp3) is 0.424. The van der Waals surface area contributed by atoms with Crippen molar-refractivity contribution >= 4 is 33.2 Å². The number of likely N-dealkylation sites (tertiary alicyclic amines) is 1. The number of benzene rings is 2. The van der Waals surface area contributed by atoms with Gasteiger partial charge in [0.25, 0.3) is 0 Å². The average molecular weight is 664 g/mol. The Morgan fingerprint density at radius 2 is 2.09 bits per heavy atom. The Bertz CT molecular complexity index is 2180. The number of piperidine rings is 1. The minimum absolute atomic E-state index is 0.0297. The van der Waals surface area contributed by atoms with E-state index in [4.69, 9.17) is 24.8 Å². The maximum absolute atomic E-state index is 17.1. The topological polar surface area (TPSA) is 98.9 Å². The van der Waals surface area contributed by atoms with Gasteiger partial charge in [-0.1, -0.05) is 13.0 Å². The van der Waals surface area contributed by atoms with Crippen molar-refractivity contribution in [2.45, 2.75) is 25.6 Å². The van der Waals surface area contributed by atoms with Crippen LogP contribution in [-0.4, -0.2) is 85.3 Å². The van der Waals surface area contributed by atoms with Crippen molar-refractivity contribution in [3.8, 4) is 23.0 Å². The summed E-state index contributed by atoms with van der Waals surface area (Å²) in [7, 11) is 0. The molecule has 47 heavy (non-hydrogen) atoms. The van der Waals surface area contributed by atoms with Gasteiger partial charge in [-0.05, 0) is 42.6 Å². The second-order valence-corrected chi connectivity index (χ2v) is 11.9. The molecule has 2 aliphatic heterocycles. The Morgan fingerprint density at radius 1 is 1.23 bits per heavy atom. The van der Waals surface area contributed by atoms with Crippen molar-refractivity contribution in [2.24, 2.45) is 11.3 Å². The highest BCUT2D eigenvalue weighted by Gasteiger charge is 2.56. The first-order chi connectivity index (χ1) is 25.2. The van der Waals surface area contributed by atoms with Crippen molar-refractivity contribution in [1.29, 1.82) is 0 Å². The van der Waals surface area contributed by atoms with Gasteiger partial charge >= 0.3 is 6.01 Å². The number of rotatable bonds is 7. The highest BCUT2D eigenvalue weighted by Crippen LogP contribution is 2.46. The smallest absolute Gasteiger partial charge is 0.319 e. The predicted octanol–water partition coefficient (Wildman–Crippen LogP) is 5.76. The molecule has 0 amide bonds. The minimum Gasteiger partial charge on any atom is -0.462 e. The van der Waals surface area contributed by atoms with Crippen LogP contribution in [0.4, 0.5) is 33.5 Å². The van der Waals surface area contributed by atoms with E-state index in [1.54, 1.807) is 0 Å². The van der Waals surface area contributed by atoms with Crippen LogP contribution in [0.25, 0.3) is 32.9 Å². The number of hydrogen-bond donors (Lipinski definition) is 1. The lowest BCUT2D eigenvalue weighted by atomic mass is 9.78. The van der Waals surface area contributed by atoms with Gasteiger partial charge < -0.3 is 29.7 Å². The molecule has 4 atom stereocenters. The predicted molar refractivity (Wildman–Crippen MR) is 166 cm³/mol. The number of nitrogens with two attached hydrogens (primary N) is 1. The summed E-state index contributed by atoms with van der Waals surface area (Å²) in [4.78, 5) is 15.4. The Balaban J connectivity index is 1.43. The zero-order valence-corrected chi connectivity index (χ0v) is 24.9. The standard InChI is InChI=1S/C33H33F5N6O3/c1-33(14-43(2)6-5-18(33)11-34)15-46-32-41-28-21(31(42-32)44-7-8-45-13-22-25(37)29(22)44)12-40-27(26(28)38)20-10-19(39)9-17-3-4-23(36)30(24(17)20)47-16-35/h3-4,9-12,22,25,29H,5-8,13-16,39H2,1-2H3/b18-11+/t22-,25-,29-,33-/m0/s1/i2D3,15D2,16D2. The summed E-state index contributed by atoms with van der Waals surface area (Å²) in [6, 6.07) is 3.09. The SMILES string of the molecule is [2H]C([2H])(F)Oc1c(F)ccc2cc(N)cc(-c3ncc4c(N5CCOC[C@H]6[C@H](F)[C@H]65)nc(OC([2H])([2H])[C@]5(C)CN(C([2H])([2H])[2H])CC/C5=C\F)nc4c3F)c12. The number of ether oxygens (including phenoxy) is 3. The van der Waals surface area contributed by atoms with Crippen molar-refractivity contribution in [3.05, 3.63) is 54.0 Å². The molecule has 2 aromatic carbocycles. The van der Waals surface area contributed by atoms with E-state index in [0.29, 0.717) is 0 Å². The molecule has 2 saturated heterocycles. The zero-order chi connectivity index (χ0) is 39.1. The third kappa shape index (κ3) is 5.46. The van der Waals surface area contributed by atoms with Gasteiger partial charge in [0.1, 0.15) is 32.5 Å². The van der Waals surface area contributed by atoms with E-state index in [1.807, 2.05) is 0 Å². The Hall–Kier alpha value is -4.30. The molecule has 0 bridgehead atoms. The monoisotopic (exact) mass is 663 g/mol. The van der Waals surface area contributed by atoms with E-state index < -0.39 is 85.0 Å². The van der Waals surface area contributed by atoms with Crippen LogP contribution in [0, 0.1) is 23.0 Å². The molecule has 0 radical (unpaired) electrons. The maximum Gasteiger partial charge on any atom is 0.319 e. The second-order valence-electron chi connectivity index (χ2n) is 11.9. The van der Waals surface area contributed by atoms with Crippen LogP contribution in [0.3, 0.4) is 0 Å². The zero-order valence-electron chi connectivity index (χ0n) is 31.9. The number of nitrogens with zero attached hydrogens (tertiary/aromatic N) is 5. The molecule has 7 rings (SSSR count). The van der Waals surface area contributed by atoms with Gasteiger partial charge in [-0.25, -0.2) is 22.0 Å². The van der Waals surface area contributed by atoms with Crippen LogP contribution in [0.2, 0.25) is 0 Å². The molecular formula is C33H33F5N6O3. The summed E-state index contributed by atoms with van der Waals surface area (Å²) < 4.78 is 148. The van der Waals surface area contributed by atoms with Gasteiger partial charge in [0, 0.05) is 57.9 Å². The summed E-state index contributed by atoms with van der Waals surface area (Å²) >= 11 is 0. The summed E-state index contributed by atoms with van der Waals surface area (Å²) in [6.07, 6.45) is -0.168. The molecule has 4 heterocycles. The summed E-state index contributed by atoms with van der Waals surface area (Å²) in [6.45, 7) is -8.47. The summed E-state index contributed by atoms with van der Waals surface area (Å²) in [5, 5.41) is -0.269. The first-order valence-electron chi connectivity index (χ1n) is 18.2. The lowest BCUT2D eigenvalue weighted by Gasteiger charge is -2.40. The molecule has 3 fully saturated rings. The first-order valence-corrected chi connectivity index (χ1v) is 14.7. The molecule has 2 aromatic heterocycles. The summed E-state index contributed by atoms with van der Waals surface area (Å²) in [5.74, 6) is -3.97. The molecule has 1 aliphatic carbocycles. The number of fused-ring (bicyclic) bond motifs is 3. The van der Waals surface area contributed by atoms with E-state index in [2.05, 4.69) is 19.7 Å². The van der Waals surface area contributed by atoms with Gasteiger partial charge in [-0.3, -0.25) is 4.98 Å². The molecular weight excluding hydrogens is 623 g/mol. The van der Waals surface area contributed by atoms with Crippen molar-refractivity contribution in [2.75, 3.05) is 63.8 Å². The number of aromatic nitrogens is 3. The van der Waals surface area contributed by atoms with Crippen LogP contribution in [0.15, 0.2) is 42.4 Å². The van der Waals surface area contributed by atoms with Gasteiger partial charge in [-0.2, -0.15) is 9.97 Å². The second kappa shape index (κ2) is 12.1. The van der Waals surface area contributed by atoms with Crippen LogP contribution in [0.1, 0.15) is 22.9 Å². The third-order valence-corrected chi connectivity index (χ3v) is 8.90. The Labute approximate surface area is 277 Å². The highest BCUT2D eigenvalue weighted by molar-refractivity contribution is 6.04. The number of alkyl halides is 2. The summed E-state index contributed by atoms with van der Waals surface area (Å²) in [5.41, 5.74) is 2.77. The molecule has 0 spiro atoms. The molecule has 3 aliphatic rings. The molecule has 2 N–H and O–H groups in total. The van der Waals surface area contributed by atoms with E-state index in [1.165, 1.54) is 30.0 Å². The largest absolute Gasteiger partial charge is 0.462 e. The van der Waals surface area contributed by atoms with Crippen LogP contribution in [0.5, 0.6) is 11.8 Å². The van der Waals surface area contributed by atoms with E-state index in [9.17, 15) is 8.78 Å². The number of halogens is 5. The lowest BCUT2D eigenvalue weighted by Crippen LogP contribution is -2.44. The number of pyridine rings is 1. The maximum atomic E-state index is 17.1. The molecule has 9 nitrogen and oxygen atoms in total. The van der Waals surface area contributed by atoms with Gasteiger partial charge in [-0.15, -0.1) is 0 Å². The molecule has 1 saturated carbocycles. The molecule has 0 unspecified atom stereocenters. The highest BCUT2D eigenvalue weighted by atomic mass is 19.1.